The van der Waals surface area contributed by atoms with Gasteiger partial charge in [-0.1, -0.05) is 61.2 Å². The number of hydrogen-bond acceptors (Lipinski definition) is 4. The van der Waals surface area contributed by atoms with Crippen molar-refractivity contribution < 1.29 is 19.1 Å². The maximum absolute atomic E-state index is 10.3. The van der Waals surface area contributed by atoms with Gasteiger partial charge in [-0.15, -0.1) is 0 Å². The Balaban J connectivity index is 0.000000199. The second-order valence-corrected chi connectivity index (χ2v) is 5.25. The van der Waals surface area contributed by atoms with E-state index in [4.69, 9.17) is 0 Å². The summed E-state index contributed by atoms with van der Waals surface area (Å²) in [5.41, 5.74) is 4.40. The second-order valence-electron chi connectivity index (χ2n) is 5.25. The Labute approximate surface area is 153 Å². The van der Waals surface area contributed by atoms with Gasteiger partial charge in [-0.2, -0.15) is 0 Å². The Morgan fingerprint density at radius 2 is 1.69 bits per heavy atom. The van der Waals surface area contributed by atoms with Crippen LogP contribution in [0.4, 0.5) is 0 Å². The molecule has 0 spiro atoms. The van der Waals surface area contributed by atoms with Gasteiger partial charge in [-0.3, -0.25) is 4.79 Å². The van der Waals surface area contributed by atoms with Gasteiger partial charge in [0.25, 0.3) is 0 Å². The molecule has 1 aliphatic rings. The van der Waals surface area contributed by atoms with Crippen molar-refractivity contribution in [3.05, 3.63) is 83.4 Å². The SMILES string of the molecule is C=C(C)C(=O)OC.O=C=Cc1ccccc1.O=CC1=Cc2ccccc21. The standard InChI is InChI=1S/C9H6O.C8H6O.C5H8O2/c10-6-8-5-7-3-1-2-4-9(7)8;9-7-6-8-4-2-1-3-5-8;1-4(2)5(6)7-3/h1-6H;1-6H;1H2,2-3H3. The third-order valence-corrected chi connectivity index (χ3v) is 3.27. The number of hydrogen-bond donors (Lipinski definition) is 0. The van der Waals surface area contributed by atoms with Crippen LogP contribution in [-0.2, 0) is 19.1 Å². The highest BCUT2D eigenvalue weighted by molar-refractivity contribution is 6.20. The zero-order valence-electron chi connectivity index (χ0n) is 14.8. The predicted octanol–water partition coefficient (Wildman–Crippen LogP) is 4.01. The molecule has 2 aromatic rings. The van der Waals surface area contributed by atoms with Crippen molar-refractivity contribution in [2.45, 2.75) is 6.92 Å². The number of aldehydes is 1. The average molecular weight is 348 g/mol. The fourth-order valence-corrected chi connectivity index (χ4v) is 1.94. The van der Waals surface area contributed by atoms with Crippen LogP contribution in [0.1, 0.15) is 23.6 Å². The summed E-state index contributed by atoms with van der Waals surface area (Å²) < 4.78 is 4.27. The van der Waals surface area contributed by atoms with Crippen LogP contribution >= 0.6 is 0 Å². The number of carbonyl (C=O) groups is 2. The molecule has 3 rings (SSSR count). The van der Waals surface area contributed by atoms with E-state index in [2.05, 4.69) is 11.3 Å². The van der Waals surface area contributed by atoms with Crippen molar-refractivity contribution in [2.24, 2.45) is 0 Å². The summed E-state index contributed by atoms with van der Waals surface area (Å²) >= 11 is 0. The molecule has 0 amide bonds. The van der Waals surface area contributed by atoms with Crippen molar-refractivity contribution >= 4 is 35.9 Å². The van der Waals surface area contributed by atoms with Gasteiger partial charge in [0.15, 0.2) is 6.29 Å². The molecule has 0 N–H and O–H groups in total. The molecule has 0 saturated carbocycles. The second kappa shape index (κ2) is 11.1. The van der Waals surface area contributed by atoms with Gasteiger partial charge in [0, 0.05) is 17.2 Å². The summed E-state index contributed by atoms with van der Waals surface area (Å²) in [7, 11) is 1.33. The zero-order chi connectivity index (χ0) is 19.4. The first-order valence-corrected chi connectivity index (χ1v) is 7.79. The smallest absolute Gasteiger partial charge is 0.332 e. The fourth-order valence-electron chi connectivity index (χ4n) is 1.94. The Kier molecular flexibility index (Phi) is 8.80. The molecule has 0 heterocycles. The first kappa shape index (κ1) is 20.6. The maximum Gasteiger partial charge on any atom is 0.332 e. The van der Waals surface area contributed by atoms with Crippen LogP contribution in [0.2, 0.25) is 0 Å². The number of ether oxygens (including phenoxy) is 1. The number of benzene rings is 2. The normalized spacial score (nSPS) is 9.85. The van der Waals surface area contributed by atoms with Crippen LogP contribution in [-0.4, -0.2) is 25.3 Å². The van der Waals surface area contributed by atoms with Crippen molar-refractivity contribution in [1.82, 2.24) is 0 Å². The van der Waals surface area contributed by atoms with E-state index in [1.165, 1.54) is 18.7 Å². The average Bonchev–Trinajstić information content (AvgIpc) is 2.64. The number of rotatable bonds is 3. The lowest BCUT2D eigenvalue weighted by Gasteiger charge is -2.13. The third-order valence-electron chi connectivity index (χ3n) is 3.27. The molecule has 26 heavy (non-hydrogen) atoms. The quantitative estimate of drug-likeness (QED) is 0.364. The van der Waals surface area contributed by atoms with E-state index in [0.717, 1.165) is 23.0 Å². The predicted molar refractivity (Wildman–Crippen MR) is 104 cm³/mol. The molecule has 4 nitrogen and oxygen atoms in total. The minimum atomic E-state index is -0.347. The van der Waals surface area contributed by atoms with E-state index in [1.807, 2.05) is 60.7 Å². The lowest BCUT2D eigenvalue weighted by molar-refractivity contribution is -0.136. The van der Waals surface area contributed by atoms with Crippen molar-refractivity contribution in [3.8, 4) is 0 Å². The highest BCUT2D eigenvalue weighted by atomic mass is 16.5. The molecule has 4 heteroatoms. The van der Waals surface area contributed by atoms with Gasteiger partial charge in [0.05, 0.1) is 7.11 Å². The minimum Gasteiger partial charge on any atom is -0.466 e. The largest absolute Gasteiger partial charge is 0.466 e. The van der Waals surface area contributed by atoms with E-state index in [0.29, 0.717) is 5.57 Å². The summed E-state index contributed by atoms with van der Waals surface area (Å²) in [6.07, 6.45) is 4.19. The van der Waals surface area contributed by atoms with Crippen LogP contribution in [0, 0.1) is 0 Å². The lowest BCUT2D eigenvalue weighted by atomic mass is 9.90. The van der Waals surface area contributed by atoms with E-state index in [9.17, 15) is 14.4 Å². The monoisotopic (exact) mass is 348 g/mol. The van der Waals surface area contributed by atoms with E-state index >= 15 is 0 Å². The van der Waals surface area contributed by atoms with Gasteiger partial charge in [-0.25, -0.2) is 9.59 Å². The van der Waals surface area contributed by atoms with E-state index in [1.54, 1.807) is 12.9 Å². The summed E-state index contributed by atoms with van der Waals surface area (Å²) in [6, 6.07) is 17.2. The molecule has 0 aromatic heterocycles. The molecule has 0 fully saturated rings. The lowest BCUT2D eigenvalue weighted by Crippen LogP contribution is -1.98. The molecule has 0 atom stereocenters. The number of allylic oxidation sites excluding steroid dienone is 1. The van der Waals surface area contributed by atoms with Gasteiger partial charge >= 0.3 is 5.97 Å². The van der Waals surface area contributed by atoms with Crippen molar-refractivity contribution in [1.29, 1.82) is 0 Å². The van der Waals surface area contributed by atoms with Crippen LogP contribution in [0.15, 0.2) is 66.7 Å². The minimum absolute atomic E-state index is 0.347. The first-order chi connectivity index (χ1) is 12.5. The Bertz CT molecular complexity index is 841. The molecule has 0 saturated heterocycles. The Morgan fingerprint density at radius 1 is 1.08 bits per heavy atom. The van der Waals surface area contributed by atoms with Crippen LogP contribution < -0.4 is 0 Å². The maximum atomic E-state index is 10.3. The van der Waals surface area contributed by atoms with Crippen LogP contribution in [0.25, 0.3) is 17.7 Å². The Hall–Kier alpha value is -3.49. The number of methoxy groups -OCH3 is 1. The van der Waals surface area contributed by atoms with Crippen molar-refractivity contribution in [3.63, 3.8) is 0 Å². The molecule has 132 valence electrons. The summed E-state index contributed by atoms with van der Waals surface area (Å²) in [5.74, 6) is 1.36. The molecule has 1 aliphatic carbocycles. The molecule has 0 radical (unpaired) electrons. The van der Waals surface area contributed by atoms with Crippen molar-refractivity contribution in [2.75, 3.05) is 7.11 Å². The summed E-state index contributed by atoms with van der Waals surface area (Å²) in [6.45, 7) is 4.95. The number of esters is 1. The molecular formula is C22H20O4. The van der Waals surface area contributed by atoms with E-state index < -0.39 is 0 Å². The highest BCUT2D eigenvalue weighted by Gasteiger charge is 2.12. The van der Waals surface area contributed by atoms with Gasteiger partial charge < -0.3 is 4.74 Å². The molecule has 2 aromatic carbocycles. The molecule has 0 bridgehead atoms. The van der Waals surface area contributed by atoms with Crippen LogP contribution in [0.5, 0.6) is 0 Å². The van der Waals surface area contributed by atoms with Gasteiger partial charge in [-0.05, 0) is 29.7 Å². The van der Waals surface area contributed by atoms with Crippen LogP contribution in [0.3, 0.4) is 0 Å². The zero-order valence-corrected chi connectivity index (χ0v) is 14.8. The summed E-state index contributed by atoms with van der Waals surface area (Å²) in [4.78, 5) is 30.3. The fraction of sp³-hybridized carbons (Fsp3) is 0.0909. The number of carbonyl (C=O) groups excluding carboxylic acids is 3. The molecular weight excluding hydrogens is 328 g/mol. The molecule has 0 unspecified atom stereocenters. The Morgan fingerprint density at radius 3 is 2.15 bits per heavy atom. The highest BCUT2D eigenvalue weighted by Crippen LogP contribution is 2.29. The van der Waals surface area contributed by atoms with Gasteiger partial charge in [0.2, 0.25) is 0 Å². The summed E-state index contributed by atoms with van der Waals surface area (Å²) in [5, 5.41) is 0. The van der Waals surface area contributed by atoms with E-state index in [-0.39, 0.29) is 5.97 Å². The molecule has 0 aliphatic heterocycles. The number of fused-ring (bicyclic) bond motifs is 1. The topological polar surface area (TPSA) is 60.4 Å². The third kappa shape index (κ3) is 6.56. The first-order valence-electron chi connectivity index (χ1n) is 7.79. The van der Waals surface area contributed by atoms with Gasteiger partial charge in [0.1, 0.15) is 5.94 Å².